The summed E-state index contributed by atoms with van der Waals surface area (Å²) >= 11 is 0. The Bertz CT molecular complexity index is 785. The number of amides is 1. The number of nitro groups is 1. The lowest BCUT2D eigenvalue weighted by molar-refractivity contribution is -0.384. The highest BCUT2D eigenvalue weighted by Crippen LogP contribution is 2.13. The summed E-state index contributed by atoms with van der Waals surface area (Å²) in [6.45, 7) is 0. The van der Waals surface area contributed by atoms with Gasteiger partial charge in [-0.25, -0.2) is 4.79 Å². The predicted octanol–water partition coefficient (Wildman–Crippen LogP) is 1.93. The van der Waals surface area contributed by atoms with Crippen LogP contribution in [0.1, 0.15) is 15.9 Å². The van der Waals surface area contributed by atoms with E-state index in [1.165, 1.54) is 43.6 Å². The second-order valence-electron chi connectivity index (χ2n) is 4.59. The summed E-state index contributed by atoms with van der Waals surface area (Å²) in [6.07, 6.45) is 4.51. The molecular weight excluding hydrogens is 314 g/mol. The standard InChI is InChI=1S/C16H13N3O5/c1-24-16(21)14(9-11-3-2-8-17-10-11)18-15(20)12-4-6-13(7-5-12)19(22)23/h2-10H,1H3,(H,18,20). The quantitative estimate of drug-likeness (QED) is 0.389. The Hall–Kier alpha value is -3.55. The first-order valence-electron chi connectivity index (χ1n) is 6.77. The summed E-state index contributed by atoms with van der Waals surface area (Å²) in [5.74, 6) is -1.32. The van der Waals surface area contributed by atoms with E-state index >= 15 is 0 Å². The zero-order valence-corrected chi connectivity index (χ0v) is 12.6. The van der Waals surface area contributed by atoms with Gasteiger partial charge < -0.3 is 10.1 Å². The second-order valence-corrected chi connectivity index (χ2v) is 4.59. The molecule has 1 N–H and O–H groups in total. The summed E-state index contributed by atoms with van der Waals surface area (Å²) in [6, 6.07) is 8.39. The van der Waals surface area contributed by atoms with Crippen LogP contribution in [-0.2, 0) is 9.53 Å². The number of ether oxygens (including phenoxy) is 1. The van der Waals surface area contributed by atoms with Gasteiger partial charge in [-0.3, -0.25) is 19.9 Å². The monoisotopic (exact) mass is 327 g/mol. The maximum absolute atomic E-state index is 12.2. The minimum atomic E-state index is -0.728. The molecule has 0 bridgehead atoms. The fourth-order valence-corrected chi connectivity index (χ4v) is 1.81. The van der Waals surface area contributed by atoms with E-state index in [1.807, 2.05) is 0 Å². The summed E-state index contributed by atoms with van der Waals surface area (Å²) < 4.78 is 4.64. The molecule has 0 unspecified atom stereocenters. The molecule has 8 heteroatoms. The van der Waals surface area contributed by atoms with Gasteiger partial charge in [-0.15, -0.1) is 0 Å². The van der Waals surface area contributed by atoms with Crippen molar-refractivity contribution in [2.75, 3.05) is 7.11 Å². The maximum Gasteiger partial charge on any atom is 0.354 e. The van der Waals surface area contributed by atoms with Crippen LogP contribution in [0.4, 0.5) is 5.69 Å². The molecule has 2 aromatic rings. The second kappa shape index (κ2) is 7.63. The van der Waals surface area contributed by atoms with Gasteiger partial charge in [0.05, 0.1) is 12.0 Å². The average molecular weight is 327 g/mol. The van der Waals surface area contributed by atoms with Crippen molar-refractivity contribution in [3.8, 4) is 0 Å². The molecule has 0 fully saturated rings. The Labute approximate surface area is 136 Å². The molecule has 0 aliphatic carbocycles. The van der Waals surface area contributed by atoms with Crippen molar-refractivity contribution in [2.24, 2.45) is 0 Å². The molecule has 0 saturated heterocycles. The SMILES string of the molecule is COC(=O)C(=Cc1cccnc1)NC(=O)c1ccc([N+](=O)[O-])cc1. The first-order chi connectivity index (χ1) is 11.5. The van der Waals surface area contributed by atoms with Crippen LogP contribution in [0.25, 0.3) is 6.08 Å². The Morgan fingerprint density at radius 1 is 1.25 bits per heavy atom. The van der Waals surface area contributed by atoms with Gasteiger partial charge in [0, 0.05) is 30.1 Å². The fourth-order valence-electron chi connectivity index (χ4n) is 1.81. The normalized spacial score (nSPS) is 10.8. The Morgan fingerprint density at radius 2 is 1.96 bits per heavy atom. The van der Waals surface area contributed by atoms with Crippen molar-refractivity contribution in [1.29, 1.82) is 0 Å². The molecule has 0 spiro atoms. The van der Waals surface area contributed by atoms with Crippen molar-refractivity contribution in [3.05, 3.63) is 75.7 Å². The van der Waals surface area contributed by atoms with Crippen LogP contribution in [0.2, 0.25) is 0 Å². The minimum absolute atomic E-state index is 0.0751. The van der Waals surface area contributed by atoms with E-state index < -0.39 is 16.8 Å². The number of nitro benzene ring substituents is 1. The van der Waals surface area contributed by atoms with E-state index in [4.69, 9.17) is 0 Å². The first kappa shape index (κ1) is 16.8. The van der Waals surface area contributed by atoms with Crippen molar-refractivity contribution in [3.63, 3.8) is 0 Å². The highest BCUT2D eigenvalue weighted by Gasteiger charge is 2.16. The molecule has 1 aromatic heterocycles. The fraction of sp³-hybridized carbons (Fsp3) is 0.0625. The van der Waals surface area contributed by atoms with Crippen LogP contribution < -0.4 is 5.32 Å². The molecule has 0 saturated carbocycles. The molecule has 24 heavy (non-hydrogen) atoms. The van der Waals surface area contributed by atoms with Crippen LogP contribution in [0.3, 0.4) is 0 Å². The molecule has 8 nitrogen and oxygen atoms in total. The molecule has 0 aliphatic heterocycles. The highest BCUT2D eigenvalue weighted by molar-refractivity contribution is 6.03. The molecular formula is C16H13N3O5. The lowest BCUT2D eigenvalue weighted by Crippen LogP contribution is -2.28. The number of carbonyl (C=O) groups excluding carboxylic acids is 2. The van der Waals surface area contributed by atoms with Crippen molar-refractivity contribution < 1.29 is 19.2 Å². The number of hydrogen-bond acceptors (Lipinski definition) is 6. The zero-order valence-electron chi connectivity index (χ0n) is 12.6. The van der Waals surface area contributed by atoms with Gasteiger partial charge in [-0.2, -0.15) is 0 Å². The zero-order chi connectivity index (χ0) is 17.5. The van der Waals surface area contributed by atoms with Crippen LogP contribution in [0.15, 0.2) is 54.5 Å². The third-order valence-corrected chi connectivity index (χ3v) is 2.99. The summed E-state index contributed by atoms with van der Waals surface area (Å²) in [7, 11) is 1.19. The third-order valence-electron chi connectivity index (χ3n) is 2.99. The molecule has 1 heterocycles. The number of pyridine rings is 1. The van der Waals surface area contributed by atoms with Crippen molar-refractivity contribution in [2.45, 2.75) is 0 Å². The lowest BCUT2D eigenvalue weighted by Gasteiger charge is -2.08. The van der Waals surface area contributed by atoms with E-state index in [0.29, 0.717) is 5.56 Å². The number of hydrogen-bond donors (Lipinski definition) is 1. The van der Waals surface area contributed by atoms with E-state index in [2.05, 4.69) is 15.0 Å². The largest absolute Gasteiger partial charge is 0.464 e. The summed E-state index contributed by atoms with van der Waals surface area (Å²) in [4.78, 5) is 38.0. The highest BCUT2D eigenvalue weighted by atomic mass is 16.6. The predicted molar refractivity (Wildman–Crippen MR) is 84.8 cm³/mol. The average Bonchev–Trinajstić information content (AvgIpc) is 2.61. The van der Waals surface area contributed by atoms with Gasteiger partial charge in [0.1, 0.15) is 5.70 Å². The maximum atomic E-state index is 12.2. The molecule has 0 radical (unpaired) electrons. The minimum Gasteiger partial charge on any atom is -0.464 e. The van der Waals surface area contributed by atoms with Crippen molar-refractivity contribution in [1.82, 2.24) is 10.3 Å². The number of non-ortho nitro benzene ring substituents is 1. The number of methoxy groups -OCH3 is 1. The van der Waals surface area contributed by atoms with E-state index in [-0.39, 0.29) is 16.9 Å². The topological polar surface area (TPSA) is 111 Å². The number of esters is 1. The Morgan fingerprint density at radius 3 is 2.50 bits per heavy atom. The van der Waals surface area contributed by atoms with Crippen molar-refractivity contribution >= 4 is 23.6 Å². The molecule has 122 valence electrons. The van der Waals surface area contributed by atoms with Gasteiger partial charge in [0.15, 0.2) is 0 Å². The molecule has 1 aromatic carbocycles. The van der Waals surface area contributed by atoms with Gasteiger partial charge in [-0.1, -0.05) is 6.07 Å². The van der Waals surface area contributed by atoms with E-state index in [9.17, 15) is 19.7 Å². The number of rotatable bonds is 5. The van der Waals surface area contributed by atoms with Crippen LogP contribution in [0.5, 0.6) is 0 Å². The Balaban J connectivity index is 2.23. The number of nitrogens with zero attached hydrogens (tertiary/aromatic N) is 2. The van der Waals surface area contributed by atoms with Gasteiger partial charge in [0.2, 0.25) is 0 Å². The third kappa shape index (κ3) is 4.23. The molecule has 0 aliphatic rings. The van der Waals surface area contributed by atoms with Crippen LogP contribution >= 0.6 is 0 Å². The number of carbonyl (C=O) groups is 2. The lowest BCUT2D eigenvalue weighted by atomic mass is 10.2. The Kier molecular flexibility index (Phi) is 5.35. The summed E-state index contributed by atoms with van der Waals surface area (Å²) in [5, 5.41) is 13.1. The number of aromatic nitrogens is 1. The first-order valence-corrected chi connectivity index (χ1v) is 6.77. The smallest absolute Gasteiger partial charge is 0.354 e. The number of nitrogens with one attached hydrogen (secondary N) is 1. The molecule has 2 rings (SSSR count). The van der Waals surface area contributed by atoms with Crippen LogP contribution in [-0.4, -0.2) is 28.9 Å². The van der Waals surface area contributed by atoms with Crippen LogP contribution in [0, 0.1) is 10.1 Å². The molecule has 0 atom stereocenters. The van der Waals surface area contributed by atoms with E-state index in [0.717, 1.165) is 0 Å². The summed E-state index contributed by atoms with van der Waals surface area (Å²) in [5.41, 5.74) is 0.558. The molecule has 1 amide bonds. The van der Waals surface area contributed by atoms with Gasteiger partial charge in [0.25, 0.3) is 11.6 Å². The van der Waals surface area contributed by atoms with Gasteiger partial charge >= 0.3 is 5.97 Å². The van der Waals surface area contributed by atoms with E-state index in [1.54, 1.807) is 18.3 Å². The van der Waals surface area contributed by atoms with Gasteiger partial charge in [-0.05, 0) is 29.8 Å². The number of benzene rings is 1.